The van der Waals surface area contributed by atoms with Gasteiger partial charge in [-0.1, -0.05) is 11.6 Å². The van der Waals surface area contributed by atoms with Crippen LogP contribution in [0.1, 0.15) is 12.0 Å². The summed E-state index contributed by atoms with van der Waals surface area (Å²) in [6.07, 6.45) is 1.18. The number of rotatable bonds is 2. The van der Waals surface area contributed by atoms with Gasteiger partial charge in [-0.05, 0) is 54.4 Å². The second-order valence-electron chi connectivity index (χ2n) is 5.38. The first-order valence-corrected chi connectivity index (χ1v) is 7.64. The second kappa shape index (κ2) is 6.30. The fourth-order valence-corrected chi connectivity index (χ4v) is 2.69. The van der Waals surface area contributed by atoms with Crippen LogP contribution < -0.4 is 15.5 Å². The van der Waals surface area contributed by atoms with E-state index in [-0.39, 0.29) is 11.9 Å². The highest BCUT2D eigenvalue weighted by Crippen LogP contribution is 2.29. The molecule has 1 aliphatic rings. The highest BCUT2D eigenvalue weighted by Gasteiger charge is 2.20. The van der Waals surface area contributed by atoms with Crippen molar-refractivity contribution in [3.05, 3.63) is 53.1 Å². The van der Waals surface area contributed by atoms with Gasteiger partial charge < -0.3 is 15.5 Å². The number of hydrogen-bond donors (Lipinski definition) is 2. The molecule has 0 bridgehead atoms. The first-order valence-electron chi connectivity index (χ1n) is 7.26. The molecule has 0 atom stereocenters. The molecular formula is C17H16ClN3O2. The van der Waals surface area contributed by atoms with E-state index in [2.05, 4.69) is 10.6 Å². The second-order valence-corrected chi connectivity index (χ2v) is 5.82. The molecule has 0 aromatic heterocycles. The summed E-state index contributed by atoms with van der Waals surface area (Å²) in [5.41, 5.74) is 3.30. The summed E-state index contributed by atoms with van der Waals surface area (Å²) in [6, 6.07) is 12.1. The topological polar surface area (TPSA) is 61.4 Å². The fourth-order valence-electron chi connectivity index (χ4n) is 2.56. The molecule has 2 aromatic rings. The van der Waals surface area contributed by atoms with Crippen molar-refractivity contribution < 1.29 is 9.59 Å². The molecule has 3 rings (SSSR count). The molecule has 118 valence electrons. The van der Waals surface area contributed by atoms with Crippen LogP contribution in [0.2, 0.25) is 5.02 Å². The highest BCUT2D eigenvalue weighted by molar-refractivity contribution is 6.30. The van der Waals surface area contributed by atoms with Gasteiger partial charge in [0.15, 0.2) is 0 Å². The number of halogens is 1. The Balaban J connectivity index is 1.69. The number of carbonyl (C=O) groups is 2. The van der Waals surface area contributed by atoms with E-state index in [1.807, 2.05) is 12.1 Å². The van der Waals surface area contributed by atoms with Crippen molar-refractivity contribution in [2.45, 2.75) is 12.8 Å². The molecule has 3 amide bonds. The molecule has 0 saturated carbocycles. The van der Waals surface area contributed by atoms with Crippen LogP contribution >= 0.6 is 11.6 Å². The van der Waals surface area contributed by atoms with Gasteiger partial charge in [-0.3, -0.25) is 4.79 Å². The maximum atomic E-state index is 12.0. The van der Waals surface area contributed by atoms with Crippen molar-refractivity contribution in [3.8, 4) is 0 Å². The van der Waals surface area contributed by atoms with Gasteiger partial charge in [0.2, 0.25) is 5.91 Å². The molecule has 1 heterocycles. The highest BCUT2D eigenvalue weighted by atomic mass is 35.5. The quantitative estimate of drug-likeness (QED) is 0.878. The Morgan fingerprint density at radius 3 is 2.43 bits per heavy atom. The Kier molecular flexibility index (Phi) is 4.21. The number of anilines is 3. The number of nitrogens with zero attached hydrogens (tertiary/aromatic N) is 1. The minimum Gasteiger partial charge on any atom is -0.315 e. The molecular weight excluding hydrogens is 314 g/mol. The van der Waals surface area contributed by atoms with E-state index in [9.17, 15) is 9.59 Å². The molecule has 0 unspecified atom stereocenters. The lowest BCUT2D eigenvalue weighted by Gasteiger charge is -2.26. The van der Waals surface area contributed by atoms with Gasteiger partial charge in [0.1, 0.15) is 0 Å². The van der Waals surface area contributed by atoms with E-state index in [1.54, 1.807) is 42.3 Å². The third-order valence-corrected chi connectivity index (χ3v) is 4.04. The van der Waals surface area contributed by atoms with Gasteiger partial charge in [0, 0.05) is 35.6 Å². The maximum absolute atomic E-state index is 12.0. The minimum atomic E-state index is -0.326. The van der Waals surface area contributed by atoms with E-state index in [0.29, 0.717) is 29.2 Å². The minimum absolute atomic E-state index is 0.110. The Labute approximate surface area is 139 Å². The zero-order valence-corrected chi connectivity index (χ0v) is 13.4. The summed E-state index contributed by atoms with van der Waals surface area (Å²) in [5.74, 6) is 0.110. The number of urea groups is 1. The fraction of sp³-hybridized carbons (Fsp3) is 0.176. The number of benzene rings is 2. The normalized spacial score (nSPS) is 13.5. The molecule has 6 heteroatoms. The number of nitrogens with one attached hydrogen (secondary N) is 2. The third-order valence-electron chi connectivity index (χ3n) is 3.78. The zero-order chi connectivity index (χ0) is 16.4. The van der Waals surface area contributed by atoms with Crippen molar-refractivity contribution in [1.29, 1.82) is 0 Å². The predicted octanol–water partition coefficient (Wildman–Crippen LogP) is 3.89. The summed E-state index contributed by atoms with van der Waals surface area (Å²) in [6.45, 7) is 0. The van der Waals surface area contributed by atoms with Crippen LogP contribution in [0, 0.1) is 0 Å². The molecule has 5 nitrogen and oxygen atoms in total. The van der Waals surface area contributed by atoms with Crippen LogP contribution in [-0.2, 0) is 11.2 Å². The Morgan fingerprint density at radius 2 is 1.70 bits per heavy atom. The van der Waals surface area contributed by atoms with Gasteiger partial charge in [-0.15, -0.1) is 0 Å². The number of fused-ring (bicyclic) bond motifs is 1. The molecule has 0 spiro atoms. The van der Waals surface area contributed by atoms with Crippen LogP contribution in [0.15, 0.2) is 42.5 Å². The largest absolute Gasteiger partial charge is 0.323 e. The monoisotopic (exact) mass is 329 g/mol. The number of aryl methyl sites for hydroxylation is 1. The van der Waals surface area contributed by atoms with Crippen LogP contribution in [-0.4, -0.2) is 19.0 Å². The van der Waals surface area contributed by atoms with Crippen LogP contribution in [0.25, 0.3) is 0 Å². The van der Waals surface area contributed by atoms with E-state index < -0.39 is 0 Å². The molecule has 0 aliphatic carbocycles. The molecule has 0 radical (unpaired) electrons. The number of amides is 3. The maximum Gasteiger partial charge on any atom is 0.323 e. The molecule has 0 saturated heterocycles. The van der Waals surface area contributed by atoms with Crippen LogP contribution in [0.4, 0.5) is 21.9 Å². The summed E-state index contributed by atoms with van der Waals surface area (Å²) in [7, 11) is 1.76. The van der Waals surface area contributed by atoms with Gasteiger partial charge in [0.25, 0.3) is 0 Å². The summed E-state index contributed by atoms with van der Waals surface area (Å²) in [5, 5.41) is 6.15. The van der Waals surface area contributed by atoms with Gasteiger partial charge in [-0.25, -0.2) is 4.79 Å². The first kappa shape index (κ1) is 15.4. The summed E-state index contributed by atoms with van der Waals surface area (Å²) >= 11 is 5.81. The van der Waals surface area contributed by atoms with Crippen LogP contribution in [0.5, 0.6) is 0 Å². The van der Waals surface area contributed by atoms with Crippen molar-refractivity contribution in [3.63, 3.8) is 0 Å². The van der Waals surface area contributed by atoms with E-state index in [0.717, 1.165) is 11.3 Å². The predicted molar refractivity (Wildman–Crippen MR) is 92.3 cm³/mol. The van der Waals surface area contributed by atoms with Gasteiger partial charge in [0.05, 0.1) is 0 Å². The standard InChI is InChI=1S/C17H16ClN3O2/c1-21-15-8-7-14(10-11(15)2-9-16(21)22)20-17(23)19-13-5-3-12(18)4-6-13/h3-8,10H,2,9H2,1H3,(H2,19,20,23). The molecule has 0 fully saturated rings. The smallest absolute Gasteiger partial charge is 0.315 e. The lowest BCUT2D eigenvalue weighted by atomic mass is 10.0. The Hall–Kier alpha value is -2.53. The molecule has 2 N–H and O–H groups in total. The number of carbonyl (C=O) groups excluding carboxylic acids is 2. The molecule has 23 heavy (non-hydrogen) atoms. The van der Waals surface area contributed by atoms with Crippen molar-refractivity contribution in [2.75, 3.05) is 22.6 Å². The van der Waals surface area contributed by atoms with Crippen LogP contribution in [0.3, 0.4) is 0 Å². The first-order chi connectivity index (χ1) is 11.0. The number of hydrogen-bond acceptors (Lipinski definition) is 2. The molecule has 2 aromatic carbocycles. The Morgan fingerprint density at radius 1 is 1.04 bits per heavy atom. The summed E-state index contributed by atoms with van der Waals surface area (Å²) < 4.78 is 0. The van der Waals surface area contributed by atoms with E-state index in [4.69, 9.17) is 11.6 Å². The summed E-state index contributed by atoms with van der Waals surface area (Å²) in [4.78, 5) is 25.4. The lowest BCUT2D eigenvalue weighted by Crippen LogP contribution is -2.31. The van der Waals surface area contributed by atoms with Crippen molar-refractivity contribution in [2.24, 2.45) is 0 Å². The van der Waals surface area contributed by atoms with Crippen molar-refractivity contribution >= 4 is 40.6 Å². The third kappa shape index (κ3) is 3.46. The zero-order valence-electron chi connectivity index (χ0n) is 12.6. The average molecular weight is 330 g/mol. The lowest BCUT2D eigenvalue weighted by molar-refractivity contribution is -0.118. The molecule has 1 aliphatic heterocycles. The van der Waals surface area contributed by atoms with Gasteiger partial charge in [-0.2, -0.15) is 0 Å². The van der Waals surface area contributed by atoms with E-state index >= 15 is 0 Å². The average Bonchev–Trinajstić information content (AvgIpc) is 2.53. The Bertz CT molecular complexity index is 759. The van der Waals surface area contributed by atoms with E-state index in [1.165, 1.54) is 0 Å². The SMILES string of the molecule is CN1C(=O)CCc2cc(NC(=O)Nc3ccc(Cl)cc3)ccc21. The van der Waals surface area contributed by atoms with Gasteiger partial charge >= 0.3 is 6.03 Å². The van der Waals surface area contributed by atoms with Crippen molar-refractivity contribution in [1.82, 2.24) is 0 Å².